The Morgan fingerprint density at radius 1 is 0.875 bits per heavy atom. The lowest BCUT2D eigenvalue weighted by Crippen LogP contribution is -1.66. The van der Waals surface area contributed by atoms with Crippen molar-refractivity contribution in [1.29, 1.82) is 0 Å². The fourth-order valence-electron chi connectivity index (χ4n) is 0.948. The Balaban J connectivity index is 0.000000165. The van der Waals surface area contributed by atoms with Crippen molar-refractivity contribution < 1.29 is 5.11 Å². The Kier molecular flexibility index (Phi) is 5.88. The maximum atomic E-state index is 8.63. The van der Waals surface area contributed by atoms with Gasteiger partial charge in [0.25, 0.3) is 0 Å². The minimum atomic E-state index is 0.322. The number of aromatic hydroxyl groups is 1. The van der Waals surface area contributed by atoms with Crippen molar-refractivity contribution >= 4 is 43.5 Å². The highest BCUT2D eigenvalue weighted by Crippen LogP contribution is 2.22. The third-order valence-electron chi connectivity index (χ3n) is 1.58. The zero-order valence-electron chi connectivity index (χ0n) is 8.20. The largest absolute Gasteiger partial charge is 0.508 e. The molecule has 0 aromatic heterocycles. The monoisotopic (exact) mass is 362 g/mol. The van der Waals surface area contributed by atoms with Gasteiger partial charge in [0.15, 0.2) is 0 Å². The maximum absolute atomic E-state index is 8.63. The number of halogens is 3. The summed E-state index contributed by atoms with van der Waals surface area (Å²) in [4.78, 5) is 0. The standard InChI is InChI=1S/C6H3Br2Cl.C6H6O/c7-4-1-5(8)3-6(9)2-4;7-6-4-2-1-3-5-6/h1-3H;1-5,7H. The first kappa shape index (κ1) is 13.6. The van der Waals surface area contributed by atoms with Gasteiger partial charge in [0, 0.05) is 14.0 Å². The van der Waals surface area contributed by atoms with E-state index >= 15 is 0 Å². The van der Waals surface area contributed by atoms with Gasteiger partial charge in [-0.2, -0.15) is 0 Å². The van der Waals surface area contributed by atoms with Gasteiger partial charge in [0.05, 0.1) is 0 Å². The summed E-state index contributed by atoms with van der Waals surface area (Å²) in [6.45, 7) is 0. The molecule has 2 aromatic rings. The van der Waals surface area contributed by atoms with Crippen LogP contribution in [0.2, 0.25) is 5.02 Å². The number of benzene rings is 2. The summed E-state index contributed by atoms with van der Waals surface area (Å²) in [5.74, 6) is 0.322. The van der Waals surface area contributed by atoms with Gasteiger partial charge < -0.3 is 5.11 Å². The summed E-state index contributed by atoms with van der Waals surface area (Å²) in [6, 6.07) is 14.3. The van der Waals surface area contributed by atoms with E-state index in [0.717, 1.165) is 14.0 Å². The van der Waals surface area contributed by atoms with Crippen LogP contribution in [-0.4, -0.2) is 5.11 Å². The van der Waals surface area contributed by atoms with Gasteiger partial charge in [0.2, 0.25) is 0 Å². The van der Waals surface area contributed by atoms with Gasteiger partial charge >= 0.3 is 0 Å². The molecule has 0 spiro atoms. The van der Waals surface area contributed by atoms with Crippen LogP contribution in [0.15, 0.2) is 57.5 Å². The number of hydrogen-bond acceptors (Lipinski definition) is 1. The molecule has 0 fully saturated rings. The summed E-state index contributed by atoms with van der Waals surface area (Å²) in [5, 5.41) is 9.36. The first-order valence-corrected chi connectivity index (χ1v) is 6.40. The van der Waals surface area contributed by atoms with Crippen LogP contribution >= 0.6 is 43.5 Å². The Labute approximate surface area is 116 Å². The van der Waals surface area contributed by atoms with Crippen molar-refractivity contribution in [3.63, 3.8) is 0 Å². The molecule has 1 N–H and O–H groups in total. The SMILES string of the molecule is Clc1cc(Br)cc(Br)c1.Oc1ccccc1. The number of phenolic OH excluding ortho intramolecular Hbond substituents is 1. The second kappa shape index (κ2) is 6.94. The van der Waals surface area contributed by atoms with Crippen LogP contribution in [0.5, 0.6) is 5.75 Å². The van der Waals surface area contributed by atoms with Crippen molar-refractivity contribution in [3.05, 3.63) is 62.5 Å². The van der Waals surface area contributed by atoms with Crippen LogP contribution in [-0.2, 0) is 0 Å². The molecule has 2 aromatic carbocycles. The molecule has 0 unspecified atom stereocenters. The number of hydrogen-bond donors (Lipinski definition) is 1. The average Bonchev–Trinajstić information content (AvgIpc) is 2.17. The van der Waals surface area contributed by atoms with Crippen LogP contribution < -0.4 is 0 Å². The number of phenols is 1. The van der Waals surface area contributed by atoms with E-state index in [1.54, 1.807) is 24.3 Å². The van der Waals surface area contributed by atoms with Gasteiger partial charge in [-0.15, -0.1) is 0 Å². The summed E-state index contributed by atoms with van der Waals surface area (Å²) in [6.07, 6.45) is 0. The Hall–Kier alpha value is -0.510. The van der Waals surface area contributed by atoms with Crippen molar-refractivity contribution in [3.8, 4) is 5.75 Å². The first-order chi connectivity index (χ1) is 7.58. The van der Waals surface area contributed by atoms with Crippen molar-refractivity contribution in [1.82, 2.24) is 0 Å². The van der Waals surface area contributed by atoms with E-state index < -0.39 is 0 Å². The maximum Gasteiger partial charge on any atom is 0.115 e. The molecule has 0 aliphatic rings. The molecule has 0 amide bonds. The highest BCUT2D eigenvalue weighted by atomic mass is 79.9. The quantitative estimate of drug-likeness (QED) is 0.676. The van der Waals surface area contributed by atoms with Gasteiger partial charge in [-0.3, -0.25) is 0 Å². The molecule has 0 atom stereocenters. The van der Waals surface area contributed by atoms with E-state index in [-0.39, 0.29) is 0 Å². The minimum Gasteiger partial charge on any atom is -0.508 e. The minimum absolute atomic E-state index is 0.322. The van der Waals surface area contributed by atoms with Crippen LogP contribution in [0.1, 0.15) is 0 Å². The Bertz CT molecular complexity index is 396. The van der Waals surface area contributed by atoms with Crippen LogP contribution in [0, 0.1) is 0 Å². The molecule has 4 heteroatoms. The lowest BCUT2D eigenvalue weighted by Gasteiger charge is -1.92. The number of rotatable bonds is 0. The zero-order valence-corrected chi connectivity index (χ0v) is 12.1. The first-order valence-electron chi connectivity index (χ1n) is 4.43. The van der Waals surface area contributed by atoms with Crippen LogP contribution in [0.25, 0.3) is 0 Å². The lowest BCUT2D eigenvalue weighted by molar-refractivity contribution is 0.475. The molecule has 0 aliphatic carbocycles. The summed E-state index contributed by atoms with van der Waals surface area (Å²) < 4.78 is 1.98. The third-order valence-corrected chi connectivity index (χ3v) is 2.72. The second-order valence-electron chi connectivity index (χ2n) is 2.92. The topological polar surface area (TPSA) is 20.2 Å². The molecule has 0 saturated heterocycles. The fraction of sp³-hybridized carbons (Fsp3) is 0. The molecular weight excluding hydrogens is 355 g/mol. The molecule has 0 aliphatic heterocycles. The highest BCUT2D eigenvalue weighted by molar-refractivity contribution is 9.11. The van der Waals surface area contributed by atoms with E-state index in [2.05, 4.69) is 31.9 Å². The van der Waals surface area contributed by atoms with Crippen LogP contribution in [0.3, 0.4) is 0 Å². The van der Waals surface area contributed by atoms with Crippen molar-refractivity contribution in [2.75, 3.05) is 0 Å². The third kappa shape index (κ3) is 5.54. The molecule has 84 valence electrons. The van der Waals surface area contributed by atoms with E-state index in [1.165, 1.54) is 0 Å². The summed E-state index contributed by atoms with van der Waals surface area (Å²) in [7, 11) is 0. The van der Waals surface area contributed by atoms with E-state index in [0.29, 0.717) is 5.75 Å². The Morgan fingerprint density at radius 2 is 1.38 bits per heavy atom. The van der Waals surface area contributed by atoms with E-state index in [9.17, 15) is 0 Å². The molecular formula is C12H9Br2ClO. The molecule has 0 heterocycles. The van der Waals surface area contributed by atoms with Gasteiger partial charge in [-0.05, 0) is 30.3 Å². The number of para-hydroxylation sites is 1. The molecule has 2 rings (SSSR count). The van der Waals surface area contributed by atoms with Crippen molar-refractivity contribution in [2.45, 2.75) is 0 Å². The lowest BCUT2D eigenvalue weighted by atomic mass is 10.3. The molecule has 1 nitrogen and oxygen atoms in total. The van der Waals surface area contributed by atoms with Gasteiger partial charge in [-0.1, -0.05) is 61.7 Å². The predicted molar refractivity (Wildman–Crippen MR) is 75.0 cm³/mol. The average molecular weight is 364 g/mol. The smallest absolute Gasteiger partial charge is 0.115 e. The summed E-state index contributed by atoms with van der Waals surface area (Å²) >= 11 is 12.3. The predicted octanol–water partition coefficient (Wildman–Crippen LogP) is 5.26. The highest BCUT2D eigenvalue weighted by Gasteiger charge is 1.91. The normalized spacial score (nSPS) is 9.19. The fourth-order valence-corrected chi connectivity index (χ4v) is 2.74. The molecule has 0 radical (unpaired) electrons. The van der Waals surface area contributed by atoms with Crippen LogP contribution in [0.4, 0.5) is 0 Å². The molecule has 16 heavy (non-hydrogen) atoms. The van der Waals surface area contributed by atoms with Crippen molar-refractivity contribution in [2.24, 2.45) is 0 Å². The molecule has 0 saturated carbocycles. The van der Waals surface area contributed by atoms with Gasteiger partial charge in [-0.25, -0.2) is 0 Å². The van der Waals surface area contributed by atoms with E-state index in [4.69, 9.17) is 16.7 Å². The summed E-state index contributed by atoms with van der Waals surface area (Å²) in [5.41, 5.74) is 0. The second-order valence-corrected chi connectivity index (χ2v) is 5.19. The van der Waals surface area contributed by atoms with Gasteiger partial charge in [0.1, 0.15) is 5.75 Å². The van der Waals surface area contributed by atoms with E-state index in [1.807, 2.05) is 24.3 Å². The Morgan fingerprint density at radius 3 is 1.69 bits per heavy atom. The molecule has 0 bridgehead atoms. The zero-order chi connectivity index (χ0) is 12.0.